The Balaban J connectivity index is 1.85. The van der Waals surface area contributed by atoms with Gasteiger partial charge < -0.3 is 19.3 Å². The van der Waals surface area contributed by atoms with Gasteiger partial charge in [0.05, 0.1) is 12.0 Å². The standard InChI is InChI=1S/C27H27NO6/c1-13(2)23(26(30)31)28-21(29)12-19-14(3)18-11-20-22(17-9-7-6-8-10-17)16(5)33-25(20)15(4)24(18)34-27(19)32/h6-11,13,23H,12H2,1-5H3,(H,28,29)(H,30,31)/t23-/m0/s1. The van der Waals surface area contributed by atoms with Gasteiger partial charge in [0.1, 0.15) is 23.0 Å². The first-order chi connectivity index (χ1) is 16.1. The number of aryl methyl sites for hydroxylation is 3. The molecule has 0 aliphatic heterocycles. The molecule has 1 atom stereocenters. The number of aliphatic carboxylic acids is 1. The molecule has 0 saturated carbocycles. The van der Waals surface area contributed by atoms with Crippen molar-refractivity contribution in [2.45, 2.75) is 47.1 Å². The second kappa shape index (κ2) is 8.82. The number of carbonyl (C=O) groups is 2. The van der Waals surface area contributed by atoms with E-state index in [0.717, 1.165) is 22.3 Å². The zero-order chi connectivity index (χ0) is 24.7. The van der Waals surface area contributed by atoms with Crippen LogP contribution < -0.4 is 10.9 Å². The molecule has 176 valence electrons. The Morgan fingerprint density at radius 1 is 0.971 bits per heavy atom. The number of rotatable bonds is 6. The van der Waals surface area contributed by atoms with Crippen molar-refractivity contribution in [3.8, 4) is 11.1 Å². The van der Waals surface area contributed by atoms with Crippen LogP contribution in [0, 0.1) is 26.7 Å². The molecule has 2 N–H and O–H groups in total. The minimum Gasteiger partial charge on any atom is -0.480 e. The van der Waals surface area contributed by atoms with E-state index < -0.39 is 23.5 Å². The van der Waals surface area contributed by atoms with Crippen LogP contribution in [0.4, 0.5) is 0 Å². The predicted molar refractivity (Wildman–Crippen MR) is 130 cm³/mol. The minimum atomic E-state index is -1.12. The topological polar surface area (TPSA) is 110 Å². The van der Waals surface area contributed by atoms with Crippen LogP contribution in [-0.2, 0) is 16.0 Å². The van der Waals surface area contributed by atoms with Crippen LogP contribution in [0.2, 0.25) is 0 Å². The van der Waals surface area contributed by atoms with Crippen molar-refractivity contribution < 1.29 is 23.5 Å². The molecule has 0 saturated heterocycles. The van der Waals surface area contributed by atoms with E-state index in [2.05, 4.69) is 5.32 Å². The first-order valence-electron chi connectivity index (χ1n) is 11.2. The van der Waals surface area contributed by atoms with Gasteiger partial charge in [0, 0.05) is 21.9 Å². The molecule has 7 nitrogen and oxygen atoms in total. The zero-order valence-corrected chi connectivity index (χ0v) is 19.8. The highest BCUT2D eigenvalue weighted by Crippen LogP contribution is 2.39. The summed E-state index contributed by atoms with van der Waals surface area (Å²) in [5.74, 6) is -1.20. The molecule has 1 amide bonds. The maximum atomic E-state index is 12.8. The highest BCUT2D eigenvalue weighted by molar-refractivity contribution is 6.06. The van der Waals surface area contributed by atoms with E-state index in [0.29, 0.717) is 27.7 Å². The lowest BCUT2D eigenvalue weighted by Crippen LogP contribution is -2.45. The number of carboxylic acids is 1. The third-order valence-corrected chi connectivity index (χ3v) is 6.28. The van der Waals surface area contributed by atoms with Crippen molar-refractivity contribution in [2.75, 3.05) is 0 Å². The molecular formula is C27H27NO6. The molecule has 4 aromatic rings. The molecule has 0 fully saturated rings. The van der Waals surface area contributed by atoms with Crippen molar-refractivity contribution >= 4 is 33.8 Å². The number of carbonyl (C=O) groups excluding carboxylic acids is 1. The molecule has 0 unspecified atom stereocenters. The smallest absolute Gasteiger partial charge is 0.340 e. The van der Waals surface area contributed by atoms with Crippen molar-refractivity contribution in [3.63, 3.8) is 0 Å². The van der Waals surface area contributed by atoms with E-state index in [4.69, 9.17) is 8.83 Å². The van der Waals surface area contributed by atoms with E-state index in [9.17, 15) is 19.5 Å². The summed E-state index contributed by atoms with van der Waals surface area (Å²) in [5.41, 5.74) is 3.97. The third-order valence-electron chi connectivity index (χ3n) is 6.28. The number of nitrogens with one attached hydrogen (secondary N) is 1. The van der Waals surface area contributed by atoms with Gasteiger partial charge in [-0.25, -0.2) is 9.59 Å². The molecule has 0 aliphatic carbocycles. The Bertz CT molecular complexity index is 1480. The van der Waals surface area contributed by atoms with Crippen LogP contribution in [0.1, 0.15) is 36.3 Å². The first kappa shape index (κ1) is 23.3. The Hall–Kier alpha value is -3.87. The maximum Gasteiger partial charge on any atom is 0.340 e. The lowest BCUT2D eigenvalue weighted by molar-refractivity contribution is -0.143. The van der Waals surface area contributed by atoms with Crippen LogP contribution in [-0.4, -0.2) is 23.0 Å². The second-order valence-electron chi connectivity index (χ2n) is 8.95. The van der Waals surface area contributed by atoms with Crippen LogP contribution in [0.15, 0.2) is 50.0 Å². The molecule has 0 aliphatic rings. The summed E-state index contributed by atoms with van der Waals surface area (Å²) in [5, 5.41) is 13.5. The number of hydrogen-bond acceptors (Lipinski definition) is 5. The van der Waals surface area contributed by atoms with Crippen LogP contribution in [0.25, 0.3) is 33.1 Å². The summed E-state index contributed by atoms with van der Waals surface area (Å²) in [7, 11) is 0. The fourth-order valence-corrected chi connectivity index (χ4v) is 4.44. The van der Waals surface area contributed by atoms with Gasteiger partial charge in [-0.2, -0.15) is 0 Å². The van der Waals surface area contributed by atoms with Gasteiger partial charge >= 0.3 is 11.6 Å². The number of fused-ring (bicyclic) bond motifs is 2. The second-order valence-corrected chi connectivity index (χ2v) is 8.95. The van der Waals surface area contributed by atoms with Crippen LogP contribution >= 0.6 is 0 Å². The molecule has 2 aromatic heterocycles. The lowest BCUT2D eigenvalue weighted by Gasteiger charge is -2.18. The fourth-order valence-electron chi connectivity index (χ4n) is 4.44. The largest absolute Gasteiger partial charge is 0.480 e. The predicted octanol–water partition coefficient (Wildman–Crippen LogP) is 4.90. The summed E-state index contributed by atoms with van der Waals surface area (Å²) >= 11 is 0. The van der Waals surface area contributed by atoms with E-state index in [1.54, 1.807) is 20.8 Å². The highest BCUT2D eigenvalue weighted by Gasteiger charge is 2.26. The van der Waals surface area contributed by atoms with Gasteiger partial charge in [-0.3, -0.25) is 4.79 Å². The van der Waals surface area contributed by atoms with Gasteiger partial charge in [-0.1, -0.05) is 44.2 Å². The molecule has 7 heteroatoms. The van der Waals surface area contributed by atoms with E-state index in [1.165, 1.54) is 0 Å². The Morgan fingerprint density at radius 3 is 2.24 bits per heavy atom. The Kier molecular flexibility index (Phi) is 6.04. The molecule has 2 heterocycles. The summed E-state index contributed by atoms with van der Waals surface area (Å²) < 4.78 is 11.7. The Morgan fingerprint density at radius 2 is 1.62 bits per heavy atom. The van der Waals surface area contributed by atoms with E-state index in [1.807, 2.05) is 50.2 Å². The van der Waals surface area contributed by atoms with E-state index >= 15 is 0 Å². The Labute approximate surface area is 196 Å². The number of carboxylic acid groups (broad SMARTS) is 1. The fraction of sp³-hybridized carbons (Fsp3) is 0.296. The molecule has 34 heavy (non-hydrogen) atoms. The number of furan rings is 1. The van der Waals surface area contributed by atoms with Crippen molar-refractivity contribution in [2.24, 2.45) is 5.92 Å². The van der Waals surface area contributed by atoms with Crippen molar-refractivity contribution in [1.82, 2.24) is 5.32 Å². The van der Waals surface area contributed by atoms with Gasteiger partial charge in [-0.15, -0.1) is 0 Å². The number of benzene rings is 2. The third kappa shape index (κ3) is 3.98. The van der Waals surface area contributed by atoms with Crippen molar-refractivity contribution in [3.05, 3.63) is 69.3 Å². The molecular weight excluding hydrogens is 434 g/mol. The molecule has 0 bridgehead atoms. The minimum absolute atomic E-state index is 0.207. The summed E-state index contributed by atoms with van der Waals surface area (Å²) in [6.07, 6.45) is -0.270. The summed E-state index contributed by atoms with van der Waals surface area (Å²) in [4.78, 5) is 36.9. The van der Waals surface area contributed by atoms with Gasteiger partial charge in [0.15, 0.2) is 0 Å². The molecule has 0 spiro atoms. The maximum absolute atomic E-state index is 12.8. The van der Waals surface area contributed by atoms with Crippen LogP contribution in [0.5, 0.6) is 0 Å². The molecule has 2 aromatic carbocycles. The highest BCUT2D eigenvalue weighted by atomic mass is 16.4. The van der Waals surface area contributed by atoms with E-state index in [-0.39, 0.29) is 17.9 Å². The average molecular weight is 462 g/mol. The first-order valence-corrected chi connectivity index (χ1v) is 11.2. The number of hydrogen-bond donors (Lipinski definition) is 2. The van der Waals surface area contributed by atoms with Gasteiger partial charge in [-0.05, 0) is 43.9 Å². The summed E-state index contributed by atoms with van der Waals surface area (Å²) in [6, 6.07) is 10.8. The average Bonchev–Trinajstić information content (AvgIpc) is 3.12. The number of amides is 1. The quantitative estimate of drug-likeness (QED) is 0.395. The SMILES string of the molecule is Cc1oc2c(C)c3oc(=O)c(CC(=O)N[C@H](C(=O)O)C(C)C)c(C)c3cc2c1-c1ccccc1. The molecule has 0 radical (unpaired) electrons. The van der Waals surface area contributed by atoms with Gasteiger partial charge in [0.2, 0.25) is 5.91 Å². The molecule has 4 rings (SSSR count). The zero-order valence-electron chi connectivity index (χ0n) is 19.8. The van der Waals surface area contributed by atoms with Crippen LogP contribution in [0.3, 0.4) is 0 Å². The monoisotopic (exact) mass is 461 g/mol. The van der Waals surface area contributed by atoms with Crippen molar-refractivity contribution in [1.29, 1.82) is 0 Å². The lowest BCUT2D eigenvalue weighted by atomic mass is 9.96. The van der Waals surface area contributed by atoms with Gasteiger partial charge in [0.25, 0.3) is 0 Å². The summed E-state index contributed by atoms with van der Waals surface area (Å²) in [6.45, 7) is 8.94. The normalized spacial score (nSPS) is 12.4.